The molecule has 3 aromatic rings. The maximum absolute atomic E-state index is 12.9. The van der Waals surface area contributed by atoms with Crippen LogP contribution in [0.15, 0.2) is 77.7 Å². The zero-order chi connectivity index (χ0) is 21.6. The second kappa shape index (κ2) is 9.45. The van der Waals surface area contributed by atoms with Gasteiger partial charge < -0.3 is 10.1 Å². The van der Waals surface area contributed by atoms with E-state index >= 15 is 0 Å². The summed E-state index contributed by atoms with van der Waals surface area (Å²) >= 11 is 0. The number of amides is 1. The van der Waals surface area contributed by atoms with E-state index in [4.69, 9.17) is 4.74 Å². The first kappa shape index (κ1) is 21.4. The number of hydrogen-bond donors (Lipinski definition) is 2. The van der Waals surface area contributed by atoms with Gasteiger partial charge in [0, 0.05) is 11.4 Å². The van der Waals surface area contributed by atoms with Crippen molar-refractivity contribution in [1.82, 2.24) is 0 Å². The predicted octanol–water partition coefficient (Wildman–Crippen LogP) is 4.51. The Balaban J connectivity index is 1.66. The molecule has 0 aliphatic rings. The molecule has 7 heteroatoms. The fourth-order valence-electron chi connectivity index (χ4n) is 2.89. The van der Waals surface area contributed by atoms with E-state index in [1.807, 2.05) is 43.3 Å². The van der Waals surface area contributed by atoms with Crippen LogP contribution in [0, 0.1) is 13.8 Å². The molecule has 0 unspecified atom stereocenters. The number of aryl methyl sites for hydroxylation is 2. The SMILES string of the molecule is Cc1cccc(NS(=O)(=O)c2cc(NC(=O)CCOc3ccccc3)ccc2C)c1. The number of carbonyl (C=O) groups is 1. The minimum atomic E-state index is -3.80. The summed E-state index contributed by atoms with van der Waals surface area (Å²) in [4.78, 5) is 12.3. The number of sulfonamides is 1. The number of carbonyl (C=O) groups excluding carboxylic acids is 1. The highest BCUT2D eigenvalue weighted by Crippen LogP contribution is 2.23. The van der Waals surface area contributed by atoms with Gasteiger partial charge in [-0.05, 0) is 61.4 Å². The van der Waals surface area contributed by atoms with Crippen molar-refractivity contribution in [3.63, 3.8) is 0 Å². The van der Waals surface area contributed by atoms with Crippen LogP contribution < -0.4 is 14.8 Å². The van der Waals surface area contributed by atoms with E-state index in [1.165, 1.54) is 6.07 Å². The third-order valence-corrected chi connectivity index (χ3v) is 5.90. The lowest BCUT2D eigenvalue weighted by Gasteiger charge is -2.13. The van der Waals surface area contributed by atoms with Crippen LogP contribution in [-0.4, -0.2) is 20.9 Å². The van der Waals surface area contributed by atoms with Crippen LogP contribution in [0.4, 0.5) is 11.4 Å². The molecule has 6 nitrogen and oxygen atoms in total. The molecule has 156 valence electrons. The summed E-state index contributed by atoms with van der Waals surface area (Å²) in [5, 5.41) is 2.73. The second-order valence-corrected chi connectivity index (χ2v) is 8.57. The molecule has 0 heterocycles. The lowest BCUT2D eigenvalue weighted by molar-refractivity contribution is -0.116. The fourth-order valence-corrected chi connectivity index (χ4v) is 4.21. The van der Waals surface area contributed by atoms with Crippen LogP contribution in [0.5, 0.6) is 5.75 Å². The quantitative estimate of drug-likeness (QED) is 0.557. The van der Waals surface area contributed by atoms with Crippen molar-refractivity contribution in [3.8, 4) is 5.75 Å². The molecule has 0 aliphatic carbocycles. The Morgan fingerprint density at radius 2 is 1.67 bits per heavy atom. The first-order chi connectivity index (χ1) is 14.3. The van der Waals surface area contributed by atoms with Gasteiger partial charge in [-0.25, -0.2) is 8.42 Å². The van der Waals surface area contributed by atoms with Crippen molar-refractivity contribution in [3.05, 3.63) is 83.9 Å². The highest BCUT2D eigenvalue weighted by Gasteiger charge is 2.18. The smallest absolute Gasteiger partial charge is 0.262 e. The van der Waals surface area contributed by atoms with Gasteiger partial charge in [-0.2, -0.15) is 0 Å². The standard InChI is InChI=1S/C23H24N2O4S/c1-17-7-6-8-20(15-17)25-30(27,28)22-16-19(12-11-18(22)2)24-23(26)13-14-29-21-9-4-3-5-10-21/h3-12,15-16,25H,13-14H2,1-2H3,(H,24,26). The first-order valence-electron chi connectivity index (χ1n) is 9.51. The van der Waals surface area contributed by atoms with Crippen molar-refractivity contribution in [2.24, 2.45) is 0 Å². The summed E-state index contributed by atoms with van der Waals surface area (Å²) in [6.07, 6.45) is 0.145. The third kappa shape index (κ3) is 5.84. The highest BCUT2D eigenvalue weighted by molar-refractivity contribution is 7.92. The van der Waals surface area contributed by atoms with E-state index in [0.717, 1.165) is 5.56 Å². The number of benzene rings is 3. The van der Waals surface area contributed by atoms with Gasteiger partial charge in [-0.1, -0.05) is 36.4 Å². The molecule has 30 heavy (non-hydrogen) atoms. The largest absolute Gasteiger partial charge is 0.493 e. The molecule has 0 fully saturated rings. The van der Waals surface area contributed by atoms with E-state index < -0.39 is 10.0 Å². The monoisotopic (exact) mass is 424 g/mol. The van der Waals surface area contributed by atoms with Crippen molar-refractivity contribution < 1.29 is 17.9 Å². The Bertz CT molecular complexity index is 1130. The first-order valence-corrected chi connectivity index (χ1v) is 11.0. The minimum Gasteiger partial charge on any atom is -0.493 e. The Morgan fingerprint density at radius 3 is 2.40 bits per heavy atom. The molecule has 0 aromatic heterocycles. The maximum Gasteiger partial charge on any atom is 0.262 e. The van der Waals surface area contributed by atoms with Crippen molar-refractivity contribution in [2.75, 3.05) is 16.6 Å². The number of ether oxygens (including phenoxy) is 1. The number of nitrogens with one attached hydrogen (secondary N) is 2. The van der Waals surface area contributed by atoms with E-state index in [9.17, 15) is 13.2 Å². The average molecular weight is 425 g/mol. The van der Waals surface area contributed by atoms with E-state index in [2.05, 4.69) is 10.0 Å². The number of rotatable bonds is 8. The van der Waals surface area contributed by atoms with Crippen molar-refractivity contribution >= 4 is 27.3 Å². The molecule has 0 saturated carbocycles. The summed E-state index contributed by atoms with van der Waals surface area (Å²) in [6, 6.07) is 21.2. The predicted molar refractivity (Wildman–Crippen MR) is 118 cm³/mol. The summed E-state index contributed by atoms with van der Waals surface area (Å²) in [6.45, 7) is 3.83. The minimum absolute atomic E-state index is 0.113. The summed E-state index contributed by atoms with van der Waals surface area (Å²) in [7, 11) is -3.80. The van der Waals surface area contributed by atoms with Gasteiger partial charge in [-0.15, -0.1) is 0 Å². The molecule has 0 radical (unpaired) electrons. The Kier molecular flexibility index (Phi) is 6.74. The van der Waals surface area contributed by atoms with E-state index in [1.54, 1.807) is 37.3 Å². The van der Waals surface area contributed by atoms with Crippen LogP contribution in [0.25, 0.3) is 0 Å². The molecule has 0 spiro atoms. The number of hydrogen-bond acceptors (Lipinski definition) is 4. The Labute approximate surface area is 177 Å². The van der Waals surface area contributed by atoms with Crippen molar-refractivity contribution in [1.29, 1.82) is 0 Å². The van der Waals surface area contributed by atoms with Crippen molar-refractivity contribution in [2.45, 2.75) is 25.2 Å². The van der Waals surface area contributed by atoms with Gasteiger partial charge in [0.2, 0.25) is 5.91 Å². The van der Waals surface area contributed by atoms with Crippen LogP contribution in [0.1, 0.15) is 17.5 Å². The lowest BCUT2D eigenvalue weighted by atomic mass is 10.2. The lowest BCUT2D eigenvalue weighted by Crippen LogP contribution is -2.17. The summed E-state index contributed by atoms with van der Waals surface area (Å²) in [5.41, 5.74) is 2.43. The molecule has 0 aliphatic heterocycles. The molecule has 2 N–H and O–H groups in total. The van der Waals surface area contributed by atoms with Gasteiger partial charge in [0.25, 0.3) is 10.0 Å². The van der Waals surface area contributed by atoms with Crippen LogP contribution in [0.2, 0.25) is 0 Å². The van der Waals surface area contributed by atoms with Crippen LogP contribution >= 0.6 is 0 Å². The van der Waals surface area contributed by atoms with Gasteiger partial charge >= 0.3 is 0 Å². The van der Waals surface area contributed by atoms with Gasteiger partial charge in [0.15, 0.2) is 0 Å². The zero-order valence-corrected chi connectivity index (χ0v) is 17.7. The fraction of sp³-hybridized carbons (Fsp3) is 0.174. The molecule has 0 bridgehead atoms. The van der Waals surface area contributed by atoms with E-state index in [-0.39, 0.29) is 23.8 Å². The highest BCUT2D eigenvalue weighted by atomic mass is 32.2. The van der Waals surface area contributed by atoms with Gasteiger partial charge in [0.1, 0.15) is 5.75 Å². The summed E-state index contributed by atoms with van der Waals surface area (Å²) < 4.78 is 33.8. The number of anilines is 2. The molecule has 3 aromatic carbocycles. The normalized spacial score (nSPS) is 11.0. The van der Waals surface area contributed by atoms with Crippen LogP contribution in [0.3, 0.4) is 0 Å². The van der Waals surface area contributed by atoms with Gasteiger partial charge in [-0.3, -0.25) is 9.52 Å². The molecule has 3 rings (SSSR count). The molecular formula is C23H24N2O4S. The van der Waals surface area contributed by atoms with E-state index in [0.29, 0.717) is 22.7 Å². The van der Waals surface area contributed by atoms with Gasteiger partial charge in [0.05, 0.1) is 17.9 Å². The maximum atomic E-state index is 12.9. The second-order valence-electron chi connectivity index (χ2n) is 6.91. The zero-order valence-electron chi connectivity index (χ0n) is 16.9. The Hall–Kier alpha value is -3.32. The van der Waals surface area contributed by atoms with Crippen LogP contribution in [-0.2, 0) is 14.8 Å². The topological polar surface area (TPSA) is 84.5 Å². The molecule has 0 atom stereocenters. The molecular weight excluding hydrogens is 400 g/mol. The number of para-hydroxylation sites is 1. The molecule has 1 amide bonds. The average Bonchev–Trinajstić information content (AvgIpc) is 2.70. The third-order valence-electron chi connectivity index (χ3n) is 4.37. The molecule has 0 saturated heterocycles. The summed E-state index contributed by atoms with van der Waals surface area (Å²) in [5.74, 6) is 0.431. The Morgan fingerprint density at radius 1 is 0.900 bits per heavy atom.